The van der Waals surface area contributed by atoms with Crippen LogP contribution in [-0.4, -0.2) is 27.3 Å². The molecule has 0 unspecified atom stereocenters. The molecule has 0 radical (unpaired) electrons. The number of hydrogen-bond donors (Lipinski definition) is 1. The largest absolute Gasteiger partial charge is 0.462 e. The van der Waals surface area contributed by atoms with Crippen molar-refractivity contribution in [1.29, 1.82) is 0 Å². The molecule has 0 saturated carbocycles. The Balaban J connectivity index is 1.43. The SMILES string of the molecule is CCOC(=O)c1ccc(NCn2nc(-c3cc(-c4ccccc4)nc4ccccc34)oc2=S)cc1. The number of fused-ring (bicyclic) bond motifs is 1. The summed E-state index contributed by atoms with van der Waals surface area (Å²) < 4.78 is 12.5. The number of hydrogen-bond acceptors (Lipinski definition) is 7. The summed E-state index contributed by atoms with van der Waals surface area (Å²) in [4.78, 5) is 16.9. The Kier molecular flexibility index (Phi) is 6.36. The molecule has 0 aliphatic heterocycles. The molecule has 8 heteroatoms. The Morgan fingerprint density at radius 2 is 1.77 bits per heavy atom. The third kappa shape index (κ3) is 4.83. The van der Waals surface area contributed by atoms with Crippen molar-refractivity contribution in [3.05, 3.63) is 95.3 Å². The number of carbonyl (C=O) groups excluding carboxylic acids is 1. The molecule has 174 valence electrons. The summed E-state index contributed by atoms with van der Waals surface area (Å²) in [7, 11) is 0. The zero-order valence-electron chi connectivity index (χ0n) is 19.0. The van der Waals surface area contributed by atoms with Crippen molar-refractivity contribution in [1.82, 2.24) is 14.8 Å². The molecule has 0 amide bonds. The second kappa shape index (κ2) is 9.90. The number of pyridine rings is 1. The van der Waals surface area contributed by atoms with Gasteiger partial charge in [-0.3, -0.25) is 0 Å². The van der Waals surface area contributed by atoms with Crippen molar-refractivity contribution in [2.45, 2.75) is 13.6 Å². The maximum Gasteiger partial charge on any atom is 0.338 e. The number of esters is 1. The number of nitrogens with zero attached hydrogens (tertiary/aromatic N) is 3. The summed E-state index contributed by atoms with van der Waals surface area (Å²) in [5.41, 5.74) is 4.81. The van der Waals surface area contributed by atoms with E-state index < -0.39 is 0 Å². The van der Waals surface area contributed by atoms with Gasteiger partial charge in [0.1, 0.15) is 6.67 Å². The molecule has 0 fully saturated rings. The average Bonchev–Trinajstić information content (AvgIpc) is 3.28. The van der Waals surface area contributed by atoms with Crippen LogP contribution >= 0.6 is 12.2 Å². The van der Waals surface area contributed by atoms with Gasteiger partial charge in [0, 0.05) is 16.6 Å². The number of carbonyl (C=O) groups is 1. The van der Waals surface area contributed by atoms with Crippen LogP contribution in [0.5, 0.6) is 0 Å². The van der Waals surface area contributed by atoms with Gasteiger partial charge in [-0.05, 0) is 55.5 Å². The molecule has 2 heterocycles. The van der Waals surface area contributed by atoms with Gasteiger partial charge in [0.05, 0.1) is 28.9 Å². The zero-order valence-corrected chi connectivity index (χ0v) is 19.8. The zero-order chi connectivity index (χ0) is 24.2. The number of rotatable bonds is 7. The lowest BCUT2D eigenvalue weighted by Crippen LogP contribution is -2.10. The molecule has 3 aromatic carbocycles. The summed E-state index contributed by atoms with van der Waals surface area (Å²) in [6.45, 7) is 2.42. The van der Waals surface area contributed by atoms with Gasteiger partial charge in [0.25, 0.3) is 4.84 Å². The van der Waals surface area contributed by atoms with E-state index in [1.54, 1.807) is 35.9 Å². The van der Waals surface area contributed by atoms with Crippen molar-refractivity contribution in [3.8, 4) is 22.7 Å². The van der Waals surface area contributed by atoms with Gasteiger partial charge in [-0.15, -0.1) is 5.10 Å². The predicted octanol–water partition coefficient (Wildman–Crippen LogP) is 6.33. The van der Waals surface area contributed by atoms with Crippen LogP contribution in [0.3, 0.4) is 0 Å². The second-order valence-corrected chi connectivity index (χ2v) is 8.09. The van der Waals surface area contributed by atoms with Gasteiger partial charge < -0.3 is 14.5 Å². The van der Waals surface area contributed by atoms with Crippen LogP contribution in [-0.2, 0) is 11.4 Å². The fourth-order valence-electron chi connectivity index (χ4n) is 3.73. The van der Waals surface area contributed by atoms with Crippen molar-refractivity contribution in [2.75, 3.05) is 11.9 Å². The highest BCUT2D eigenvalue weighted by Crippen LogP contribution is 2.31. The number of para-hydroxylation sites is 1. The molecule has 2 aromatic heterocycles. The van der Waals surface area contributed by atoms with Crippen molar-refractivity contribution in [3.63, 3.8) is 0 Å². The van der Waals surface area contributed by atoms with Crippen LogP contribution in [0, 0.1) is 4.84 Å². The molecule has 0 spiro atoms. The van der Waals surface area contributed by atoms with E-state index in [4.69, 9.17) is 26.4 Å². The van der Waals surface area contributed by atoms with E-state index in [-0.39, 0.29) is 10.8 Å². The van der Waals surface area contributed by atoms with Gasteiger partial charge in [0.2, 0.25) is 5.89 Å². The highest BCUT2D eigenvalue weighted by Gasteiger charge is 2.15. The minimum Gasteiger partial charge on any atom is -0.462 e. The normalized spacial score (nSPS) is 10.9. The number of ether oxygens (including phenoxy) is 1. The van der Waals surface area contributed by atoms with Crippen LogP contribution in [0.25, 0.3) is 33.6 Å². The Labute approximate surface area is 207 Å². The molecular formula is C27H22N4O3S. The Hall–Kier alpha value is -4.30. The third-order valence-corrected chi connectivity index (χ3v) is 5.75. The highest BCUT2D eigenvalue weighted by molar-refractivity contribution is 7.71. The second-order valence-electron chi connectivity index (χ2n) is 7.74. The van der Waals surface area contributed by atoms with Gasteiger partial charge in [-0.25, -0.2) is 14.5 Å². The molecule has 5 aromatic rings. The van der Waals surface area contributed by atoms with E-state index in [1.807, 2.05) is 60.7 Å². The van der Waals surface area contributed by atoms with Gasteiger partial charge in [-0.1, -0.05) is 48.5 Å². The maximum atomic E-state index is 11.8. The number of anilines is 1. The van der Waals surface area contributed by atoms with E-state index in [0.29, 0.717) is 24.7 Å². The molecule has 1 N–H and O–H groups in total. The first kappa shape index (κ1) is 22.5. The third-order valence-electron chi connectivity index (χ3n) is 5.45. The van der Waals surface area contributed by atoms with Crippen LogP contribution in [0.15, 0.2) is 89.3 Å². The molecule has 5 rings (SSSR count). The van der Waals surface area contributed by atoms with Gasteiger partial charge >= 0.3 is 5.97 Å². The van der Waals surface area contributed by atoms with Crippen molar-refractivity contribution >= 4 is 34.8 Å². The lowest BCUT2D eigenvalue weighted by molar-refractivity contribution is 0.0526. The lowest BCUT2D eigenvalue weighted by Gasteiger charge is -2.08. The fourth-order valence-corrected chi connectivity index (χ4v) is 3.91. The molecule has 35 heavy (non-hydrogen) atoms. The smallest absolute Gasteiger partial charge is 0.338 e. The highest BCUT2D eigenvalue weighted by atomic mass is 32.1. The fraction of sp³-hybridized carbons (Fsp3) is 0.111. The van der Waals surface area contributed by atoms with Crippen LogP contribution in [0.4, 0.5) is 5.69 Å². The molecular weight excluding hydrogens is 460 g/mol. The quantitative estimate of drug-likeness (QED) is 0.214. The van der Waals surface area contributed by atoms with E-state index in [9.17, 15) is 4.79 Å². The standard InChI is InChI=1S/C27H22N4O3S/c1-2-33-26(32)19-12-14-20(15-13-19)28-17-31-27(35)34-25(30-31)22-16-24(18-8-4-3-5-9-18)29-23-11-7-6-10-21(22)23/h3-16,28H,2,17H2,1H3. The van der Waals surface area contributed by atoms with E-state index in [1.165, 1.54) is 0 Å². The number of nitrogens with one attached hydrogen (secondary N) is 1. The Bertz CT molecular complexity index is 1540. The Morgan fingerprint density at radius 1 is 1.03 bits per heavy atom. The first-order valence-corrected chi connectivity index (χ1v) is 11.6. The summed E-state index contributed by atoms with van der Waals surface area (Å²) in [5, 5.41) is 8.81. The van der Waals surface area contributed by atoms with Crippen LogP contribution in [0.2, 0.25) is 0 Å². The molecule has 7 nitrogen and oxygen atoms in total. The lowest BCUT2D eigenvalue weighted by atomic mass is 10.0. The summed E-state index contributed by atoms with van der Waals surface area (Å²) in [5.74, 6) is 0.0760. The molecule has 0 aliphatic carbocycles. The van der Waals surface area contributed by atoms with Crippen LogP contribution in [0.1, 0.15) is 17.3 Å². The number of aromatic nitrogens is 3. The van der Waals surface area contributed by atoms with E-state index >= 15 is 0 Å². The predicted molar refractivity (Wildman–Crippen MR) is 138 cm³/mol. The minimum atomic E-state index is -0.345. The maximum absolute atomic E-state index is 11.8. The minimum absolute atomic E-state index is 0.248. The van der Waals surface area contributed by atoms with Crippen molar-refractivity contribution < 1.29 is 13.9 Å². The summed E-state index contributed by atoms with van der Waals surface area (Å²) in [6.07, 6.45) is 0. The molecule has 0 aliphatic rings. The monoisotopic (exact) mass is 482 g/mol. The first-order valence-electron chi connectivity index (χ1n) is 11.2. The summed E-state index contributed by atoms with van der Waals surface area (Å²) in [6, 6.07) is 26.9. The van der Waals surface area contributed by atoms with Gasteiger partial charge in [-0.2, -0.15) is 0 Å². The van der Waals surface area contributed by atoms with E-state index in [2.05, 4.69) is 10.4 Å². The first-order chi connectivity index (χ1) is 17.1. The van der Waals surface area contributed by atoms with Gasteiger partial charge in [0.15, 0.2) is 0 Å². The van der Waals surface area contributed by atoms with Crippen LogP contribution < -0.4 is 5.32 Å². The molecule has 0 bridgehead atoms. The molecule has 0 atom stereocenters. The van der Waals surface area contributed by atoms with Crippen molar-refractivity contribution in [2.24, 2.45) is 0 Å². The molecule has 0 saturated heterocycles. The topological polar surface area (TPSA) is 82.2 Å². The van der Waals surface area contributed by atoms with E-state index in [0.717, 1.165) is 33.4 Å². The number of benzene rings is 3. The summed E-state index contributed by atoms with van der Waals surface area (Å²) >= 11 is 5.44. The Morgan fingerprint density at radius 3 is 2.54 bits per heavy atom. The average molecular weight is 483 g/mol.